The lowest BCUT2D eigenvalue weighted by Gasteiger charge is -2.29. The van der Waals surface area contributed by atoms with Gasteiger partial charge in [0.1, 0.15) is 5.82 Å². The summed E-state index contributed by atoms with van der Waals surface area (Å²) in [6.45, 7) is 1.81. The lowest BCUT2D eigenvalue weighted by Crippen LogP contribution is -2.40. The first-order chi connectivity index (χ1) is 15.0. The van der Waals surface area contributed by atoms with Crippen LogP contribution in [0.4, 0.5) is 11.8 Å². The van der Waals surface area contributed by atoms with Crippen molar-refractivity contribution in [1.29, 1.82) is 0 Å². The molecule has 2 heterocycles. The molecule has 3 aromatic rings. The van der Waals surface area contributed by atoms with Crippen molar-refractivity contribution in [2.24, 2.45) is 0 Å². The van der Waals surface area contributed by atoms with E-state index in [0.717, 1.165) is 37.2 Å². The van der Waals surface area contributed by atoms with Crippen LogP contribution in [-0.2, 0) is 0 Å². The molecule has 162 valence electrons. The van der Waals surface area contributed by atoms with Gasteiger partial charge in [0.2, 0.25) is 5.95 Å². The molecule has 0 unspecified atom stereocenters. The van der Waals surface area contributed by atoms with Crippen molar-refractivity contribution in [3.63, 3.8) is 0 Å². The molecular formula is C22H28N8O. The van der Waals surface area contributed by atoms with Crippen molar-refractivity contribution in [3.05, 3.63) is 54.0 Å². The highest BCUT2D eigenvalue weighted by molar-refractivity contribution is 5.93. The van der Waals surface area contributed by atoms with Crippen LogP contribution >= 0.6 is 0 Å². The summed E-state index contributed by atoms with van der Waals surface area (Å²) in [5.41, 5.74) is 1.82. The Hall–Kier alpha value is -3.49. The van der Waals surface area contributed by atoms with Crippen LogP contribution in [0.1, 0.15) is 41.9 Å². The summed E-state index contributed by atoms with van der Waals surface area (Å²) < 4.78 is 0. The molecule has 2 N–H and O–H groups in total. The zero-order chi connectivity index (χ0) is 21.8. The molecule has 1 amide bonds. The molecule has 9 nitrogen and oxygen atoms in total. The van der Waals surface area contributed by atoms with E-state index < -0.39 is 0 Å². The van der Waals surface area contributed by atoms with Gasteiger partial charge >= 0.3 is 0 Å². The molecule has 31 heavy (non-hydrogen) atoms. The van der Waals surface area contributed by atoms with Gasteiger partial charge in [-0.25, -0.2) is 4.98 Å². The zero-order valence-electron chi connectivity index (χ0n) is 18.1. The summed E-state index contributed by atoms with van der Waals surface area (Å²) >= 11 is 0. The van der Waals surface area contributed by atoms with Crippen LogP contribution in [-0.4, -0.2) is 57.0 Å². The fourth-order valence-electron chi connectivity index (χ4n) is 3.75. The van der Waals surface area contributed by atoms with E-state index in [4.69, 9.17) is 0 Å². The van der Waals surface area contributed by atoms with E-state index in [1.165, 1.54) is 4.80 Å². The van der Waals surface area contributed by atoms with Crippen LogP contribution in [0, 0.1) is 6.92 Å². The normalized spacial score (nSPS) is 18.4. The average molecular weight is 421 g/mol. The predicted molar refractivity (Wildman–Crippen MR) is 120 cm³/mol. The van der Waals surface area contributed by atoms with E-state index in [0.29, 0.717) is 23.4 Å². The van der Waals surface area contributed by atoms with E-state index in [2.05, 4.69) is 30.8 Å². The minimum Gasteiger partial charge on any atom is -0.363 e. The number of carbonyl (C=O) groups excluding carboxylic acids is 1. The van der Waals surface area contributed by atoms with E-state index in [9.17, 15) is 4.79 Å². The van der Waals surface area contributed by atoms with Gasteiger partial charge in [0.05, 0.1) is 11.4 Å². The highest BCUT2D eigenvalue weighted by atomic mass is 16.2. The Morgan fingerprint density at radius 2 is 1.74 bits per heavy atom. The number of anilines is 2. The molecule has 0 spiro atoms. The Balaban J connectivity index is 1.31. The first-order valence-electron chi connectivity index (χ1n) is 10.6. The number of amides is 1. The molecular weight excluding hydrogens is 392 g/mol. The maximum Gasteiger partial charge on any atom is 0.273 e. The van der Waals surface area contributed by atoms with Gasteiger partial charge in [0.15, 0.2) is 5.69 Å². The third kappa shape index (κ3) is 4.99. The SMILES string of the molecule is Cc1nn(-c2ccccc2)nc1C(=O)N[C@H]1CC[C@@H](Nc2nccc(N(C)C)n2)CC1. The molecule has 0 saturated heterocycles. The van der Waals surface area contributed by atoms with Crippen LogP contribution in [0.5, 0.6) is 0 Å². The van der Waals surface area contributed by atoms with Crippen molar-refractivity contribution in [2.75, 3.05) is 24.3 Å². The Morgan fingerprint density at radius 3 is 2.45 bits per heavy atom. The summed E-state index contributed by atoms with van der Waals surface area (Å²) in [5, 5.41) is 15.3. The van der Waals surface area contributed by atoms with Gasteiger partial charge in [-0.1, -0.05) is 18.2 Å². The fourth-order valence-corrected chi connectivity index (χ4v) is 3.75. The second kappa shape index (κ2) is 9.11. The van der Waals surface area contributed by atoms with Gasteiger partial charge in [0.25, 0.3) is 5.91 Å². The van der Waals surface area contributed by atoms with Crippen molar-refractivity contribution >= 4 is 17.7 Å². The topological polar surface area (TPSA) is 101 Å². The predicted octanol–water partition coefficient (Wildman–Crippen LogP) is 2.58. The van der Waals surface area contributed by atoms with Crippen molar-refractivity contribution < 1.29 is 4.79 Å². The van der Waals surface area contributed by atoms with Crippen LogP contribution in [0.3, 0.4) is 0 Å². The van der Waals surface area contributed by atoms with Gasteiger partial charge in [-0.15, -0.1) is 5.10 Å². The number of aryl methyl sites for hydroxylation is 1. The molecule has 0 bridgehead atoms. The van der Waals surface area contributed by atoms with Crippen LogP contribution in [0.2, 0.25) is 0 Å². The minimum atomic E-state index is -0.168. The summed E-state index contributed by atoms with van der Waals surface area (Å²) in [5.74, 6) is 1.35. The van der Waals surface area contributed by atoms with Crippen molar-refractivity contribution in [3.8, 4) is 5.69 Å². The molecule has 1 aliphatic rings. The number of hydrogen-bond acceptors (Lipinski definition) is 7. The Kier molecular flexibility index (Phi) is 6.11. The minimum absolute atomic E-state index is 0.126. The number of rotatable bonds is 6. The molecule has 9 heteroatoms. The largest absolute Gasteiger partial charge is 0.363 e. The van der Waals surface area contributed by atoms with E-state index in [-0.39, 0.29) is 11.9 Å². The molecule has 1 fully saturated rings. The number of hydrogen-bond donors (Lipinski definition) is 2. The lowest BCUT2D eigenvalue weighted by molar-refractivity contribution is 0.0920. The Labute approximate surface area is 181 Å². The molecule has 1 aliphatic carbocycles. The van der Waals surface area contributed by atoms with Crippen molar-refractivity contribution in [2.45, 2.75) is 44.7 Å². The van der Waals surface area contributed by atoms with Crippen LogP contribution < -0.4 is 15.5 Å². The van der Waals surface area contributed by atoms with Gasteiger partial charge < -0.3 is 15.5 Å². The second-order valence-electron chi connectivity index (χ2n) is 8.06. The zero-order valence-corrected chi connectivity index (χ0v) is 18.1. The standard InChI is InChI=1S/C22H28N8O/c1-15-20(28-30(27-15)18-7-5-4-6-8-18)21(31)24-16-9-11-17(12-10-16)25-22-23-14-13-19(26-22)29(2)3/h4-8,13-14,16-17H,9-12H2,1-3H3,(H,24,31)(H,23,25,26)/t16-,17+. The van der Waals surface area contributed by atoms with Crippen LogP contribution in [0.25, 0.3) is 5.69 Å². The van der Waals surface area contributed by atoms with Crippen molar-refractivity contribution in [1.82, 2.24) is 30.3 Å². The van der Waals surface area contributed by atoms with Gasteiger partial charge in [-0.3, -0.25) is 4.79 Å². The molecule has 2 aromatic heterocycles. The van der Waals surface area contributed by atoms with Gasteiger partial charge in [-0.2, -0.15) is 14.9 Å². The first-order valence-corrected chi connectivity index (χ1v) is 10.6. The number of nitrogens with zero attached hydrogens (tertiary/aromatic N) is 6. The Bertz CT molecular complexity index is 1020. The maximum absolute atomic E-state index is 12.8. The van der Waals surface area contributed by atoms with Gasteiger partial charge in [-0.05, 0) is 50.8 Å². The fraction of sp³-hybridized carbons (Fsp3) is 0.409. The molecule has 0 aliphatic heterocycles. The highest BCUT2D eigenvalue weighted by Gasteiger charge is 2.25. The summed E-state index contributed by atoms with van der Waals surface area (Å²) in [7, 11) is 3.92. The highest BCUT2D eigenvalue weighted by Crippen LogP contribution is 2.22. The molecule has 4 rings (SSSR count). The van der Waals surface area contributed by atoms with E-state index in [1.54, 1.807) is 6.20 Å². The number of carbonyl (C=O) groups is 1. The number of aromatic nitrogens is 5. The average Bonchev–Trinajstić information content (AvgIpc) is 3.18. The lowest BCUT2D eigenvalue weighted by atomic mass is 9.91. The third-order valence-electron chi connectivity index (χ3n) is 5.48. The molecule has 1 saturated carbocycles. The molecule has 1 aromatic carbocycles. The monoisotopic (exact) mass is 420 g/mol. The Morgan fingerprint density at radius 1 is 1.03 bits per heavy atom. The number of nitrogens with one attached hydrogen (secondary N) is 2. The third-order valence-corrected chi connectivity index (χ3v) is 5.48. The second-order valence-corrected chi connectivity index (χ2v) is 8.06. The number of benzene rings is 1. The molecule has 0 radical (unpaired) electrons. The quantitative estimate of drug-likeness (QED) is 0.632. The molecule has 0 atom stereocenters. The van der Waals surface area contributed by atoms with E-state index >= 15 is 0 Å². The van der Waals surface area contributed by atoms with E-state index in [1.807, 2.05) is 62.3 Å². The summed E-state index contributed by atoms with van der Waals surface area (Å²) in [4.78, 5) is 25.1. The van der Waals surface area contributed by atoms with Gasteiger partial charge in [0, 0.05) is 32.4 Å². The smallest absolute Gasteiger partial charge is 0.273 e. The summed E-state index contributed by atoms with van der Waals surface area (Å²) in [6.07, 6.45) is 5.43. The maximum atomic E-state index is 12.8. The first kappa shape index (κ1) is 20.8. The summed E-state index contributed by atoms with van der Waals surface area (Å²) in [6, 6.07) is 11.9. The van der Waals surface area contributed by atoms with Crippen LogP contribution in [0.15, 0.2) is 42.6 Å². The number of para-hydroxylation sites is 1.